The Morgan fingerprint density at radius 3 is 2.83 bits per heavy atom. The van der Waals surface area contributed by atoms with Crippen LogP contribution in [0.15, 0.2) is 47.1 Å². The van der Waals surface area contributed by atoms with E-state index < -0.39 is 0 Å². The highest BCUT2D eigenvalue weighted by Crippen LogP contribution is 2.27. The van der Waals surface area contributed by atoms with Gasteiger partial charge in [-0.2, -0.15) is 5.10 Å². The highest BCUT2D eigenvalue weighted by atomic mass is 16.3. The molecule has 2 heterocycles. The molecule has 0 bridgehead atoms. The van der Waals surface area contributed by atoms with Crippen LogP contribution in [-0.2, 0) is 7.05 Å². The van der Waals surface area contributed by atoms with Gasteiger partial charge in [0.25, 0.3) is 0 Å². The Morgan fingerprint density at radius 1 is 1.33 bits per heavy atom. The summed E-state index contributed by atoms with van der Waals surface area (Å²) in [5.41, 5.74) is 2.01. The molecule has 4 heteroatoms. The van der Waals surface area contributed by atoms with Gasteiger partial charge in [0.1, 0.15) is 11.3 Å². The second-order valence-electron chi connectivity index (χ2n) is 4.36. The normalized spacial score (nSPS) is 13.0. The summed E-state index contributed by atoms with van der Waals surface area (Å²) in [5.74, 6) is 0.909. The molecule has 1 atom stereocenters. The molecule has 2 aromatic heterocycles. The summed E-state index contributed by atoms with van der Waals surface area (Å²) >= 11 is 0. The molecule has 92 valence electrons. The fraction of sp³-hybridized carbons (Fsp3) is 0.214. The molecule has 0 amide bonds. The summed E-state index contributed by atoms with van der Waals surface area (Å²) in [7, 11) is 3.83. The fourth-order valence-electron chi connectivity index (χ4n) is 2.21. The van der Waals surface area contributed by atoms with Gasteiger partial charge < -0.3 is 9.73 Å². The van der Waals surface area contributed by atoms with Gasteiger partial charge in [-0.25, -0.2) is 0 Å². The summed E-state index contributed by atoms with van der Waals surface area (Å²) in [6.45, 7) is 0. The van der Waals surface area contributed by atoms with Gasteiger partial charge in [0.05, 0.1) is 12.2 Å². The van der Waals surface area contributed by atoms with Gasteiger partial charge >= 0.3 is 0 Å². The molecule has 1 unspecified atom stereocenters. The molecule has 0 aliphatic rings. The lowest BCUT2D eigenvalue weighted by molar-refractivity contribution is 0.491. The predicted octanol–water partition coefficient (Wildman–Crippen LogP) is 2.48. The number of benzene rings is 1. The average molecular weight is 241 g/mol. The number of rotatable bonds is 3. The summed E-state index contributed by atoms with van der Waals surface area (Å²) in [4.78, 5) is 0. The number of nitrogens with zero attached hydrogens (tertiary/aromatic N) is 2. The lowest BCUT2D eigenvalue weighted by atomic mass is 10.1. The molecule has 0 radical (unpaired) electrons. The first-order chi connectivity index (χ1) is 8.78. The van der Waals surface area contributed by atoms with Crippen LogP contribution in [0.4, 0.5) is 0 Å². The number of para-hydroxylation sites is 1. The second-order valence-corrected chi connectivity index (χ2v) is 4.36. The molecule has 18 heavy (non-hydrogen) atoms. The third-order valence-corrected chi connectivity index (χ3v) is 3.08. The molecule has 1 N–H and O–H groups in total. The fourth-order valence-corrected chi connectivity index (χ4v) is 2.21. The number of nitrogens with one attached hydrogen (secondary N) is 1. The third-order valence-electron chi connectivity index (χ3n) is 3.08. The van der Waals surface area contributed by atoms with E-state index in [1.807, 2.05) is 44.7 Å². The highest BCUT2D eigenvalue weighted by Gasteiger charge is 2.17. The van der Waals surface area contributed by atoms with E-state index in [2.05, 4.69) is 22.5 Å². The molecule has 0 aliphatic carbocycles. The van der Waals surface area contributed by atoms with Gasteiger partial charge in [-0.15, -0.1) is 0 Å². The first kappa shape index (κ1) is 11.0. The van der Waals surface area contributed by atoms with Crippen molar-refractivity contribution in [2.45, 2.75) is 6.04 Å². The lowest BCUT2D eigenvalue weighted by Gasteiger charge is -2.10. The van der Waals surface area contributed by atoms with E-state index in [9.17, 15) is 0 Å². The molecule has 1 aromatic carbocycles. The second kappa shape index (κ2) is 4.31. The molecule has 0 aliphatic heterocycles. The lowest BCUT2D eigenvalue weighted by Crippen LogP contribution is -2.16. The summed E-state index contributed by atoms with van der Waals surface area (Å²) in [6, 6.07) is 10.1. The van der Waals surface area contributed by atoms with E-state index in [0.717, 1.165) is 22.3 Å². The van der Waals surface area contributed by atoms with Crippen LogP contribution in [0.5, 0.6) is 0 Å². The smallest absolute Gasteiger partial charge is 0.134 e. The number of aromatic nitrogens is 2. The van der Waals surface area contributed by atoms with Crippen molar-refractivity contribution in [1.82, 2.24) is 15.1 Å². The van der Waals surface area contributed by atoms with Crippen molar-refractivity contribution in [3.05, 3.63) is 54.0 Å². The van der Waals surface area contributed by atoms with Crippen molar-refractivity contribution in [2.75, 3.05) is 7.05 Å². The minimum absolute atomic E-state index is 0.0334. The van der Waals surface area contributed by atoms with Gasteiger partial charge in [0.15, 0.2) is 0 Å². The summed E-state index contributed by atoms with van der Waals surface area (Å²) in [6.07, 6.45) is 3.85. The quantitative estimate of drug-likeness (QED) is 0.766. The number of hydrogen-bond acceptors (Lipinski definition) is 3. The van der Waals surface area contributed by atoms with E-state index in [1.54, 1.807) is 4.68 Å². The van der Waals surface area contributed by atoms with E-state index in [4.69, 9.17) is 4.42 Å². The zero-order valence-electron chi connectivity index (χ0n) is 10.4. The van der Waals surface area contributed by atoms with E-state index >= 15 is 0 Å². The van der Waals surface area contributed by atoms with Gasteiger partial charge in [-0.3, -0.25) is 4.68 Å². The Hall–Kier alpha value is -2.07. The van der Waals surface area contributed by atoms with Crippen LogP contribution < -0.4 is 5.32 Å². The van der Waals surface area contributed by atoms with Crippen LogP contribution in [0.2, 0.25) is 0 Å². The van der Waals surface area contributed by atoms with E-state index in [1.165, 1.54) is 0 Å². The maximum atomic E-state index is 5.89. The SMILES string of the molecule is CNC(c1cnn(C)c1)c1cc2ccccc2o1. The zero-order valence-corrected chi connectivity index (χ0v) is 10.4. The Morgan fingerprint density at radius 2 is 2.17 bits per heavy atom. The van der Waals surface area contributed by atoms with Crippen LogP contribution in [0, 0.1) is 0 Å². The number of furan rings is 1. The van der Waals surface area contributed by atoms with Crippen LogP contribution >= 0.6 is 0 Å². The largest absolute Gasteiger partial charge is 0.459 e. The molecule has 0 saturated carbocycles. The number of fused-ring (bicyclic) bond motifs is 1. The molecule has 0 fully saturated rings. The number of hydrogen-bond donors (Lipinski definition) is 1. The van der Waals surface area contributed by atoms with Crippen molar-refractivity contribution in [3.63, 3.8) is 0 Å². The Labute approximate surface area is 105 Å². The van der Waals surface area contributed by atoms with Crippen LogP contribution in [-0.4, -0.2) is 16.8 Å². The van der Waals surface area contributed by atoms with Gasteiger partial charge in [-0.05, 0) is 19.2 Å². The molecular formula is C14H15N3O. The monoisotopic (exact) mass is 241 g/mol. The first-order valence-electron chi connectivity index (χ1n) is 5.92. The van der Waals surface area contributed by atoms with Crippen molar-refractivity contribution < 1.29 is 4.42 Å². The maximum Gasteiger partial charge on any atom is 0.134 e. The van der Waals surface area contributed by atoms with E-state index in [-0.39, 0.29) is 6.04 Å². The molecular weight excluding hydrogens is 226 g/mol. The molecule has 3 aromatic rings. The summed E-state index contributed by atoms with van der Waals surface area (Å²) in [5, 5.41) is 8.58. The van der Waals surface area contributed by atoms with Crippen molar-refractivity contribution in [2.24, 2.45) is 7.05 Å². The highest BCUT2D eigenvalue weighted by molar-refractivity contribution is 5.77. The van der Waals surface area contributed by atoms with Crippen molar-refractivity contribution in [1.29, 1.82) is 0 Å². The van der Waals surface area contributed by atoms with Crippen LogP contribution in [0.25, 0.3) is 11.0 Å². The predicted molar refractivity (Wildman–Crippen MR) is 70.3 cm³/mol. The third kappa shape index (κ3) is 1.80. The minimum atomic E-state index is 0.0334. The zero-order chi connectivity index (χ0) is 12.5. The average Bonchev–Trinajstić information content (AvgIpc) is 2.96. The van der Waals surface area contributed by atoms with Crippen molar-refractivity contribution >= 4 is 11.0 Å². The first-order valence-corrected chi connectivity index (χ1v) is 5.92. The Balaban J connectivity index is 2.05. The topological polar surface area (TPSA) is 43.0 Å². The molecule has 0 saturated heterocycles. The van der Waals surface area contributed by atoms with E-state index in [0.29, 0.717) is 0 Å². The van der Waals surface area contributed by atoms with Crippen LogP contribution in [0.1, 0.15) is 17.4 Å². The van der Waals surface area contributed by atoms with Crippen LogP contribution in [0.3, 0.4) is 0 Å². The molecule has 3 rings (SSSR count). The van der Waals surface area contributed by atoms with Gasteiger partial charge in [0.2, 0.25) is 0 Å². The Bertz CT molecular complexity index is 635. The Kier molecular flexibility index (Phi) is 2.64. The van der Waals surface area contributed by atoms with Gasteiger partial charge in [-0.1, -0.05) is 18.2 Å². The number of aryl methyl sites for hydroxylation is 1. The molecule has 4 nitrogen and oxygen atoms in total. The van der Waals surface area contributed by atoms with Gasteiger partial charge in [0, 0.05) is 24.2 Å². The van der Waals surface area contributed by atoms with Crippen molar-refractivity contribution in [3.8, 4) is 0 Å². The minimum Gasteiger partial charge on any atom is -0.459 e. The standard InChI is InChI=1S/C14H15N3O/c1-15-14(11-8-16-17(2)9-11)13-7-10-5-3-4-6-12(10)18-13/h3-9,14-15H,1-2H3. The maximum absolute atomic E-state index is 5.89. The molecule has 0 spiro atoms. The summed E-state index contributed by atoms with van der Waals surface area (Å²) < 4.78 is 7.68.